The lowest BCUT2D eigenvalue weighted by atomic mass is 10.5. The smallest absolute Gasteiger partial charge is 0.290 e. The molecule has 0 saturated heterocycles. The van der Waals surface area contributed by atoms with E-state index in [2.05, 4.69) is 15.0 Å². The van der Waals surface area contributed by atoms with E-state index in [1.165, 1.54) is 12.7 Å². The summed E-state index contributed by atoms with van der Waals surface area (Å²) >= 11 is 0. The van der Waals surface area contributed by atoms with Crippen LogP contribution in [0.25, 0.3) is 11.2 Å². The first-order valence-corrected chi connectivity index (χ1v) is 5.23. The number of fused-ring (bicyclic) bond motifs is 1. The molecule has 15 heavy (non-hydrogen) atoms. The van der Waals surface area contributed by atoms with Gasteiger partial charge in [-0.3, -0.25) is 9.12 Å². The second kappa shape index (κ2) is 3.14. The van der Waals surface area contributed by atoms with Gasteiger partial charge in [0.05, 0.1) is 6.33 Å². The maximum absolute atomic E-state index is 10.6. The molecule has 0 aliphatic heterocycles. The highest BCUT2D eigenvalue weighted by atomic mass is 32.2. The predicted molar refractivity (Wildman–Crippen MR) is 51.0 cm³/mol. The quantitative estimate of drug-likeness (QED) is 0.649. The van der Waals surface area contributed by atoms with Gasteiger partial charge < -0.3 is 5.73 Å². The second-order valence-electron chi connectivity index (χ2n) is 2.70. The standard InChI is InChI=1S/C6H6N5O3S/c7-5-4-6(9-1-8-5)11(2-10-4)3-15(12,13)14/h1-3H,(H2,7,8,9)(H,12,13,14). The average molecular weight is 228 g/mol. The number of hydrogen-bond donors (Lipinski definition) is 2. The molecule has 0 spiro atoms. The van der Waals surface area contributed by atoms with Gasteiger partial charge in [-0.05, 0) is 0 Å². The van der Waals surface area contributed by atoms with Crippen LogP contribution in [0, 0.1) is 5.88 Å². The molecule has 0 amide bonds. The largest absolute Gasteiger partial charge is 0.382 e. The van der Waals surface area contributed by atoms with Crippen LogP contribution in [0.1, 0.15) is 0 Å². The van der Waals surface area contributed by atoms with E-state index in [-0.39, 0.29) is 17.0 Å². The van der Waals surface area contributed by atoms with Crippen molar-refractivity contribution in [2.45, 2.75) is 0 Å². The van der Waals surface area contributed by atoms with E-state index in [0.717, 1.165) is 4.57 Å². The monoisotopic (exact) mass is 228 g/mol. The molecule has 1 radical (unpaired) electrons. The van der Waals surface area contributed by atoms with Crippen molar-refractivity contribution in [3.8, 4) is 0 Å². The minimum Gasteiger partial charge on any atom is -0.382 e. The summed E-state index contributed by atoms with van der Waals surface area (Å²) in [6.45, 7) is 0. The Hall–Kier alpha value is -1.74. The first kappa shape index (κ1) is 9.80. The van der Waals surface area contributed by atoms with Crippen molar-refractivity contribution < 1.29 is 13.0 Å². The first-order chi connectivity index (χ1) is 6.97. The Morgan fingerprint density at radius 1 is 1.40 bits per heavy atom. The minimum atomic E-state index is -4.25. The highest BCUT2D eigenvalue weighted by molar-refractivity contribution is 7.87. The van der Waals surface area contributed by atoms with E-state index >= 15 is 0 Å². The van der Waals surface area contributed by atoms with Crippen molar-refractivity contribution in [3.05, 3.63) is 18.5 Å². The number of rotatable bonds is 2. The Balaban J connectivity index is 2.60. The molecule has 0 atom stereocenters. The van der Waals surface area contributed by atoms with Gasteiger partial charge in [0.1, 0.15) is 11.8 Å². The molecule has 0 aliphatic rings. The van der Waals surface area contributed by atoms with Crippen molar-refractivity contribution in [2.24, 2.45) is 0 Å². The van der Waals surface area contributed by atoms with Crippen LogP contribution in [0.15, 0.2) is 12.7 Å². The summed E-state index contributed by atoms with van der Waals surface area (Å²) in [6.07, 6.45) is 2.34. The third-order valence-corrected chi connectivity index (χ3v) is 2.13. The van der Waals surface area contributed by atoms with Gasteiger partial charge in [-0.15, -0.1) is 0 Å². The third kappa shape index (κ3) is 1.87. The van der Waals surface area contributed by atoms with Crippen LogP contribution in [-0.4, -0.2) is 32.5 Å². The fourth-order valence-electron chi connectivity index (χ4n) is 1.09. The van der Waals surface area contributed by atoms with E-state index in [1.807, 2.05) is 0 Å². The minimum absolute atomic E-state index is 0.141. The van der Waals surface area contributed by atoms with Crippen molar-refractivity contribution in [1.29, 1.82) is 0 Å². The number of imidazole rings is 1. The maximum atomic E-state index is 10.6. The van der Waals surface area contributed by atoms with Gasteiger partial charge >= 0.3 is 0 Å². The van der Waals surface area contributed by atoms with Gasteiger partial charge in [-0.25, -0.2) is 15.0 Å². The molecule has 8 nitrogen and oxygen atoms in total. The number of hydrogen-bond acceptors (Lipinski definition) is 6. The number of aromatic nitrogens is 4. The van der Waals surface area contributed by atoms with Crippen LogP contribution in [0.4, 0.5) is 5.82 Å². The lowest BCUT2D eigenvalue weighted by molar-refractivity contribution is 0.487. The van der Waals surface area contributed by atoms with Gasteiger partial charge in [0.25, 0.3) is 10.1 Å². The Kier molecular flexibility index (Phi) is 2.05. The molecule has 0 saturated carbocycles. The van der Waals surface area contributed by atoms with Crippen molar-refractivity contribution >= 4 is 27.1 Å². The molecule has 2 aromatic heterocycles. The molecule has 3 N–H and O–H groups in total. The number of nitrogen functional groups attached to an aromatic ring is 1. The molecule has 79 valence electrons. The van der Waals surface area contributed by atoms with E-state index in [1.54, 1.807) is 0 Å². The van der Waals surface area contributed by atoms with Crippen LogP contribution in [0.5, 0.6) is 0 Å². The zero-order chi connectivity index (χ0) is 11.1. The van der Waals surface area contributed by atoms with Crippen molar-refractivity contribution in [3.63, 3.8) is 0 Å². The Labute approximate surface area is 84.5 Å². The Morgan fingerprint density at radius 3 is 2.80 bits per heavy atom. The summed E-state index contributed by atoms with van der Waals surface area (Å²) in [6, 6.07) is 0. The fraction of sp³-hybridized carbons (Fsp3) is 0. The summed E-state index contributed by atoms with van der Waals surface area (Å²) < 4.78 is 30.9. The average Bonchev–Trinajstić information content (AvgIpc) is 2.48. The van der Waals surface area contributed by atoms with E-state index in [9.17, 15) is 8.42 Å². The summed E-state index contributed by atoms with van der Waals surface area (Å²) in [7, 11) is -4.25. The third-order valence-electron chi connectivity index (χ3n) is 1.63. The van der Waals surface area contributed by atoms with Gasteiger partial charge in [0.2, 0.25) is 5.88 Å². The highest BCUT2D eigenvalue weighted by Crippen LogP contribution is 2.15. The van der Waals surface area contributed by atoms with Gasteiger partial charge in [-0.1, -0.05) is 0 Å². The fourth-order valence-corrected chi connectivity index (χ4v) is 1.53. The molecule has 2 rings (SSSR count). The molecular weight excluding hydrogens is 222 g/mol. The SMILES string of the molecule is Nc1ncnc2c1ncn2[CH]S(=O)(=O)O. The maximum Gasteiger partial charge on any atom is 0.290 e. The summed E-state index contributed by atoms with van der Waals surface area (Å²) in [5.74, 6) is 0.719. The van der Waals surface area contributed by atoms with Crippen LogP contribution >= 0.6 is 0 Å². The van der Waals surface area contributed by atoms with E-state index in [4.69, 9.17) is 10.3 Å². The topological polar surface area (TPSA) is 124 Å². The molecule has 0 aliphatic carbocycles. The number of nitrogens with two attached hydrogens (primary N) is 1. The van der Waals surface area contributed by atoms with Gasteiger partial charge in [0, 0.05) is 0 Å². The van der Waals surface area contributed by atoms with Crippen LogP contribution in [0.3, 0.4) is 0 Å². The molecule has 2 aromatic rings. The summed E-state index contributed by atoms with van der Waals surface area (Å²) in [5, 5.41) is 0. The summed E-state index contributed by atoms with van der Waals surface area (Å²) in [4.78, 5) is 11.3. The summed E-state index contributed by atoms with van der Waals surface area (Å²) in [5.41, 5.74) is 5.96. The molecule has 0 unspecified atom stereocenters. The Morgan fingerprint density at radius 2 is 2.13 bits per heavy atom. The van der Waals surface area contributed by atoms with Gasteiger partial charge in [0.15, 0.2) is 11.5 Å². The Bertz CT molecular complexity index is 604. The number of nitrogens with zero attached hydrogens (tertiary/aromatic N) is 4. The van der Waals surface area contributed by atoms with Crippen molar-refractivity contribution in [2.75, 3.05) is 5.73 Å². The lowest BCUT2D eigenvalue weighted by Crippen LogP contribution is -2.06. The molecule has 9 heteroatoms. The number of anilines is 1. The second-order valence-corrected chi connectivity index (χ2v) is 3.94. The normalized spacial score (nSPS) is 12.1. The van der Waals surface area contributed by atoms with Crippen LogP contribution in [0.2, 0.25) is 0 Å². The molecule has 0 bridgehead atoms. The van der Waals surface area contributed by atoms with E-state index in [0.29, 0.717) is 5.88 Å². The highest BCUT2D eigenvalue weighted by Gasteiger charge is 2.13. The molecule has 2 heterocycles. The molecular formula is C6H6N5O3S. The van der Waals surface area contributed by atoms with Crippen molar-refractivity contribution in [1.82, 2.24) is 19.5 Å². The van der Waals surface area contributed by atoms with Crippen LogP contribution in [-0.2, 0) is 10.1 Å². The molecule has 0 fully saturated rings. The zero-order valence-corrected chi connectivity index (χ0v) is 8.09. The molecule has 0 aromatic carbocycles. The van der Waals surface area contributed by atoms with E-state index < -0.39 is 10.1 Å². The predicted octanol–water partition coefficient (Wildman–Crippen LogP) is -0.736. The zero-order valence-electron chi connectivity index (χ0n) is 7.27. The van der Waals surface area contributed by atoms with Gasteiger partial charge in [-0.2, -0.15) is 8.42 Å². The lowest BCUT2D eigenvalue weighted by Gasteiger charge is -1.98. The van der Waals surface area contributed by atoms with Crippen LogP contribution < -0.4 is 5.73 Å². The first-order valence-electron chi connectivity index (χ1n) is 3.73.